The highest BCUT2D eigenvalue weighted by molar-refractivity contribution is 6.05. The molecule has 24 heavy (non-hydrogen) atoms. The summed E-state index contributed by atoms with van der Waals surface area (Å²) in [4.78, 5) is 26.3. The first kappa shape index (κ1) is 15.7. The molecule has 0 aliphatic rings. The van der Waals surface area contributed by atoms with Gasteiger partial charge in [-0.3, -0.25) is 9.59 Å². The SMILES string of the molecule is CN(C(=O)c1ccc(=O)n(Cc2ccccc2)c1)c1ccccc1. The summed E-state index contributed by atoms with van der Waals surface area (Å²) >= 11 is 0. The van der Waals surface area contributed by atoms with Gasteiger partial charge in [0.25, 0.3) is 11.5 Å². The van der Waals surface area contributed by atoms with Crippen LogP contribution in [0, 0.1) is 0 Å². The van der Waals surface area contributed by atoms with E-state index >= 15 is 0 Å². The average Bonchev–Trinajstić information content (AvgIpc) is 2.64. The Labute approximate surface area is 140 Å². The van der Waals surface area contributed by atoms with Gasteiger partial charge in [0, 0.05) is 25.0 Å². The molecule has 0 N–H and O–H groups in total. The van der Waals surface area contributed by atoms with Crippen molar-refractivity contribution in [3.63, 3.8) is 0 Å². The zero-order valence-electron chi connectivity index (χ0n) is 13.4. The summed E-state index contributed by atoms with van der Waals surface area (Å²) in [6.45, 7) is 0.440. The quantitative estimate of drug-likeness (QED) is 0.741. The number of hydrogen-bond donors (Lipinski definition) is 0. The van der Waals surface area contributed by atoms with E-state index in [1.165, 1.54) is 6.07 Å². The van der Waals surface area contributed by atoms with Crippen LogP contribution < -0.4 is 10.5 Å². The number of pyridine rings is 1. The summed E-state index contributed by atoms with van der Waals surface area (Å²) in [7, 11) is 1.73. The number of benzene rings is 2. The second kappa shape index (κ2) is 6.96. The Morgan fingerprint density at radius 1 is 0.917 bits per heavy atom. The van der Waals surface area contributed by atoms with Crippen molar-refractivity contribution in [1.82, 2.24) is 4.57 Å². The fraction of sp³-hybridized carbons (Fsp3) is 0.100. The molecule has 0 radical (unpaired) electrons. The number of carbonyl (C=O) groups is 1. The molecule has 1 aromatic heterocycles. The Kier molecular flexibility index (Phi) is 4.57. The molecule has 0 fully saturated rings. The molecule has 1 heterocycles. The van der Waals surface area contributed by atoms with Gasteiger partial charge < -0.3 is 9.47 Å². The molecule has 3 rings (SSSR count). The Morgan fingerprint density at radius 3 is 2.21 bits per heavy atom. The number of aromatic nitrogens is 1. The molecule has 0 saturated carbocycles. The minimum atomic E-state index is -0.150. The van der Waals surface area contributed by atoms with Crippen molar-refractivity contribution < 1.29 is 4.79 Å². The first-order chi connectivity index (χ1) is 11.6. The first-order valence-electron chi connectivity index (χ1n) is 7.72. The van der Waals surface area contributed by atoms with Crippen molar-refractivity contribution in [2.45, 2.75) is 6.54 Å². The normalized spacial score (nSPS) is 10.4. The molecule has 4 heteroatoms. The lowest BCUT2D eigenvalue weighted by Crippen LogP contribution is -2.28. The zero-order valence-corrected chi connectivity index (χ0v) is 13.4. The van der Waals surface area contributed by atoms with Crippen LogP contribution in [0.3, 0.4) is 0 Å². The van der Waals surface area contributed by atoms with E-state index in [9.17, 15) is 9.59 Å². The summed E-state index contributed by atoms with van der Waals surface area (Å²) in [5, 5.41) is 0. The highest BCUT2D eigenvalue weighted by Crippen LogP contribution is 2.14. The van der Waals surface area contributed by atoms with Gasteiger partial charge in [-0.25, -0.2) is 0 Å². The Hall–Kier alpha value is -3.14. The number of carbonyl (C=O) groups excluding carboxylic acids is 1. The molecular weight excluding hydrogens is 300 g/mol. The van der Waals surface area contributed by atoms with Gasteiger partial charge in [-0.15, -0.1) is 0 Å². The molecule has 0 aliphatic carbocycles. The molecule has 3 aromatic rings. The highest BCUT2D eigenvalue weighted by atomic mass is 16.2. The minimum Gasteiger partial charge on any atom is -0.311 e. The minimum absolute atomic E-state index is 0.127. The van der Waals surface area contributed by atoms with Crippen LogP contribution in [-0.4, -0.2) is 17.5 Å². The van der Waals surface area contributed by atoms with E-state index in [1.54, 1.807) is 28.8 Å². The van der Waals surface area contributed by atoms with Crippen LogP contribution in [0.5, 0.6) is 0 Å². The van der Waals surface area contributed by atoms with Gasteiger partial charge in [0.1, 0.15) is 0 Å². The lowest BCUT2D eigenvalue weighted by molar-refractivity contribution is 0.0992. The largest absolute Gasteiger partial charge is 0.311 e. The zero-order chi connectivity index (χ0) is 16.9. The smallest absolute Gasteiger partial charge is 0.259 e. The van der Waals surface area contributed by atoms with Gasteiger partial charge in [-0.05, 0) is 23.8 Å². The van der Waals surface area contributed by atoms with Crippen LogP contribution in [0.25, 0.3) is 0 Å². The average molecular weight is 318 g/mol. The van der Waals surface area contributed by atoms with E-state index < -0.39 is 0 Å². The fourth-order valence-electron chi connectivity index (χ4n) is 2.52. The van der Waals surface area contributed by atoms with E-state index in [4.69, 9.17) is 0 Å². The number of nitrogens with zero attached hydrogens (tertiary/aromatic N) is 2. The maximum Gasteiger partial charge on any atom is 0.259 e. The molecule has 0 spiro atoms. The Bertz CT molecular complexity index is 886. The maximum atomic E-state index is 12.7. The van der Waals surface area contributed by atoms with Crippen LogP contribution in [0.4, 0.5) is 5.69 Å². The second-order valence-corrected chi connectivity index (χ2v) is 5.57. The van der Waals surface area contributed by atoms with Gasteiger partial charge in [0.05, 0.1) is 12.1 Å². The van der Waals surface area contributed by atoms with E-state index in [2.05, 4.69) is 0 Å². The molecule has 0 saturated heterocycles. The summed E-state index contributed by atoms with van der Waals surface area (Å²) in [5.74, 6) is -0.150. The summed E-state index contributed by atoms with van der Waals surface area (Å²) in [6, 6.07) is 22.1. The van der Waals surface area contributed by atoms with E-state index in [1.807, 2.05) is 60.7 Å². The lowest BCUT2D eigenvalue weighted by Gasteiger charge is -2.18. The van der Waals surface area contributed by atoms with E-state index in [0.29, 0.717) is 12.1 Å². The van der Waals surface area contributed by atoms with Gasteiger partial charge in [-0.1, -0.05) is 48.5 Å². The fourth-order valence-corrected chi connectivity index (χ4v) is 2.52. The van der Waals surface area contributed by atoms with Crippen molar-refractivity contribution >= 4 is 11.6 Å². The predicted molar refractivity (Wildman–Crippen MR) is 95.4 cm³/mol. The monoisotopic (exact) mass is 318 g/mol. The molecule has 0 unspecified atom stereocenters. The molecule has 120 valence electrons. The Morgan fingerprint density at radius 2 is 1.54 bits per heavy atom. The maximum absolute atomic E-state index is 12.7. The molecule has 0 aliphatic heterocycles. The second-order valence-electron chi connectivity index (χ2n) is 5.57. The van der Waals surface area contributed by atoms with Crippen molar-refractivity contribution in [2.24, 2.45) is 0 Å². The number of rotatable bonds is 4. The van der Waals surface area contributed by atoms with Gasteiger partial charge in [0.2, 0.25) is 0 Å². The van der Waals surface area contributed by atoms with Crippen LogP contribution in [-0.2, 0) is 6.54 Å². The predicted octanol–water partition coefficient (Wildman–Crippen LogP) is 3.17. The number of hydrogen-bond acceptors (Lipinski definition) is 2. The summed E-state index contributed by atoms with van der Waals surface area (Å²) in [5.41, 5.74) is 2.18. The van der Waals surface area contributed by atoms with Crippen LogP contribution in [0.15, 0.2) is 83.8 Å². The summed E-state index contributed by atoms with van der Waals surface area (Å²) < 4.78 is 1.56. The van der Waals surface area contributed by atoms with Crippen LogP contribution >= 0.6 is 0 Å². The third-order valence-electron chi connectivity index (χ3n) is 3.87. The standard InChI is InChI=1S/C20H18N2O2/c1-21(18-10-6-3-7-11-18)20(24)17-12-13-19(23)22(15-17)14-16-8-4-2-5-9-16/h2-13,15H,14H2,1H3. The first-order valence-corrected chi connectivity index (χ1v) is 7.72. The third kappa shape index (κ3) is 3.43. The molecule has 1 amide bonds. The summed E-state index contributed by atoms with van der Waals surface area (Å²) in [6.07, 6.45) is 1.62. The van der Waals surface area contributed by atoms with E-state index in [-0.39, 0.29) is 11.5 Å². The van der Waals surface area contributed by atoms with E-state index in [0.717, 1.165) is 11.3 Å². The van der Waals surface area contributed by atoms with Crippen molar-refractivity contribution in [3.8, 4) is 0 Å². The molecule has 0 bridgehead atoms. The highest BCUT2D eigenvalue weighted by Gasteiger charge is 2.14. The number of anilines is 1. The Balaban J connectivity index is 1.88. The van der Waals surface area contributed by atoms with Crippen molar-refractivity contribution in [3.05, 3.63) is 100 Å². The van der Waals surface area contributed by atoms with Gasteiger partial charge >= 0.3 is 0 Å². The van der Waals surface area contributed by atoms with Crippen molar-refractivity contribution in [2.75, 3.05) is 11.9 Å². The third-order valence-corrected chi connectivity index (χ3v) is 3.87. The molecule has 4 nitrogen and oxygen atoms in total. The topological polar surface area (TPSA) is 42.3 Å². The molecular formula is C20H18N2O2. The van der Waals surface area contributed by atoms with Crippen LogP contribution in [0.1, 0.15) is 15.9 Å². The lowest BCUT2D eigenvalue weighted by atomic mass is 10.2. The number of para-hydroxylation sites is 1. The molecule has 0 atom stereocenters. The van der Waals surface area contributed by atoms with Crippen molar-refractivity contribution in [1.29, 1.82) is 0 Å². The van der Waals surface area contributed by atoms with Gasteiger partial charge in [0.15, 0.2) is 0 Å². The van der Waals surface area contributed by atoms with Gasteiger partial charge in [-0.2, -0.15) is 0 Å². The molecule has 2 aromatic carbocycles. The number of amides is 1. The van der Waals surface area contributed by atoms with Crippen LogP contribution in [0.2, 0.25) is 0 Å².